The molecule has 1 aromatic carbocycles. The van der Waals surface area contributed by atoms with Gasteiger partial charge in [-0.2, -0.15) is 17.6 Å². The molecule has 0 N–H and O–H groups in total. The van der Waals surface area contributed by atoms with Gasteiger partial charge in [-0.25, -0.2) is 5.57 Å². The third-order valence-electron chi connectivity index (χ3n) is 6.88. The van der Waals surface area contributed by atoms with E-state index in [1.54, 1.807) is 10.8 Å². The maximum atomic E-state index is 3.92. The first-order valence-corrected chi connectivity index (χ1v) is 13.8. The second-order valence-electron chi connectivity index (χ2n) is 9.62. The van der Waals surface area contributed by atoms with Crippen LogP contribution in [0.1, 0.15) is 78.9 Å². The van der Waals surface area contributed by atoms with Crippen molar-refractivity contribution in [1.82, 2.24) is 0 Å². The number of aryl methyl sites for hydroxylation is 2. The van der Waals surface area contributed by atoms with E-state index >= 15 is 0 Å². The molecule has 2 atom stereocenters. The molecule has 0 bridgehead atoms. The summed E-state index contributed by atoms with van der Waals surface area (Å²) >= 11 is 0. The van der Waals surface area contributed by atoms with Gasteiger partial charge in [0, 0.05) is 21.7 Å². The SMILES string of the molecule is CCCC[Si](C)(c1cc(C)cc(C)c1)C1(C)[C-]=C(C)C(C)=C1C.[CH2-]CC(C)C.[CH3-].[CH3-].[CH3-].[Ti]. The monoisotopic (exact) mass is 489 g/mol. The van der Waals surface area contributed by atoms with Gasteiger partial charge in [-0.1, -0.05) is 112 Å². The zero-order valence-electron chi connectivity index (χ0n) is 23.8. The zero-order valence-corrected chi connectivity index (χ0v) is 26.4. The van der Waals surface area contributed by atoms with Crippen molar-refractivity contribution in [3.05, 3.63) is 81.3 Å². The minimum absolute atomic E-state index is 0. The fourth-order valence-electron chi connectivity index (χ4n) is 4.28. The molecule has 1 aromatic rings. The van der Waals surface area contributed by atoms with E-state index in [0.717, 1.165) is 12.3 Å². The van der Waals surface area contributed by atoms with Gasteiger partial charge in [0.15, 0.2) is 0 Å². The van der Waals surface area contributed by atoms with E-state index in [2.05, 4.69) is 100 Å². The first-order valence-electron chi connectivity index (χ1n) is 11.1. The van der Waals surface area contributed by atoms with Crippen LogP contribution in [0.3, 0.4) is 0 Å². The van der Waals surface area contributed by atoms with Crippen LogP contribution in [0.4, 0.5) is 0 Å². The van der Waals surface area contributed by atoms with Crippen LogP contribution in [-0.4, -0.2) is 8.07 Å². The first kappa shape index (κ1) is 38.9. The summed E-state index contributed by atoms with van der Waals surface area (Å²) < 4.78 is 0. The summed E-state index contributed by atoms with van der Waals surface area (Å²) in [5.41, 5.74) is 7.18. The van der Waals surface area contributed by atoms with Crippen LogP contribution in [0.2, 0.25) is 17.6 Å². The van der Waals surface area contributed by atoms with Gasteiger partial charge in [-0.15, -0.1) is 6.92 Å². The quantitative estimate of drug-likeness (QED) is 0.276. The van der Waals surface area contributed by atoms with E-state index in [4.69, 9.17) is 0 Å². The predicted octanol–water partition coefficient (Wildman–Crippen LogP) is 9.46. The average Bonchev–Trinajstić information content (AvgIpc) is 2.83. The first-order chi connectivity index (χ1) is 12.9. The molecule has 1 aliphatic carbocycles. The summed E-state index contributed by atoms with van der Waals surface area (Å²) in [4.78, 5) is 0. The summed E-state index contributed by atoms with van der Waals surface area (Å²) in [6.07, 6.45) is 7.57. The Hall–Kier alpha value is -0.369. The van der Waals surface area contributed by atoms with Crippen molar-refractivity contribution >= 4 is 13.3 Å². The van der Waals surface area contributed by atoms with Crippen LogP contribution in [0.5, 0.6) is 0 Å². The number of allylic oxidation sites excluding steroid dienone is 4. The molecule has 0 heterocycles. The van der Waals surface area contributed by atoms with E-state index in [9.17, 15) is 0 Å². The van der Waals surface area contributed by atoms with Gasteiger partial charge in [-0.3, -0.25) is 6.08 Å². The normalized spacial score (nSPS) is 18.7. The number of benzene rings is 1. The van der Waals surface area contributed by atoms with E-state index in [1.165, 1.54) is 41.2 Å². The molecule has 0 saturated carbocycles. The van der Waals surface area contributed by atoms with Crippen molar-refractivity contribution in [1.29, 1.82) is 0 Å². The van der Waals surface area contributed by atoms with Crippen LogP contribution in [0, 0.1) is 55.0 Å². The molecule has 1 aliphatic rings. The summed E-state index contributed by atoms with van der Waals surface area (Å²) in [5.74, 6) is 0.773. The smallest absolute Gasteiger partial charge is 0.0784 e. The molecule has 2 unspecified atom stereocenters. The van der Waals surface area contributed by atoms with Crippen LogP contribution in [-0.2, 0) is 21.7 Å². The number of rotatable bonds is 6. The fourth-order valence-corrected chi connectivity index (χ4v) is 9.27. The number of hydrogen-bond acceptors (Lipinski definition) is 0. The van der Waals surface area contributed by atoms with Crippen LogP contribution in [0.15, 0.2) is 34.9 Å². The molecule has 0 aromatic heterocycles. The minimum atomic E-state index is -1.74. The van der Waals surface area contributed by atoms with Gasteiger partial charge in [0.05, 0.1) is 8.07 Å². The van der Waals surface area contributed by atoms with Crippen LogP contribution >= 0.6 is 0 Å². The molecule has 0 spiro atoms. The third kappa shape index (κ3) is 8.77. The van der Waals surface area contributed by atoms with Gasteiger partial charge in [0.1, 0.15) is 0 Å². The Balaban J connectivity index is -0.000000394. The van der Waals surface area contributed by atoms with Crippen molar-refractivity contribution in [2.24, 2.45) is 5.92 Å². The average molecular weight is 490 g/mol. The fraction of sp³-hybridized carbons (Fsp3) is 0.533. The molecule has 2 heteroatoms. The Morgan fingerprint density at radius 3 is 1.72 bits per heavy atom. The maximum absolute atomic E-state index is 3.92. The second-order valence-corrected chi connectivity index (χ2v) is 14.4. The Morgan fingerprint density at radius 2 is 1.41 bits per heavy atom. The summed E-state index contributed by atoms with van der Waals surface area (Å²) in [6.45, 7) is 26.7. The molecule has 0 radical (unpaired) electrons. The Kier molecular flexibility index (Phi) is 19.8. The van der Waals surface area contributed by atoms with Gasteiger partial charge in [0.2, 0.25) is 0 Å². The van der Waals surface area contributed by atoms with E-state index in [1.807, 2.05) is 0 Å². The van der Waals surface area contributed by atoms with Crippen LogP contribution in [0.25, 0.3) is 0 Å². The summed E-state index contributed by atoms with van der Waals surface area (Å²) in [6, 6.07) is 8.55. The maximum Gasteiger partial charge on any atom is 0.0784 e. The molecular weight excluding hydrogens is 436 g/mol. The second kappa shape index (κ2) is 16.3. The Bertz CT molecular complexity index is 708. The number of hydrogen-bond donors (Lipinski definition) is 0. The summed E-state index contributed by atoms with van der Waals surface area (Å²) in [7, 11) is -1.74. The molecule has 32 heavy (non-hydrogen) atoms. The molecule has 2 rings (SSSR count). The molecule has 0 saturated heterocycles. The van der Waals surface area contributed by atoms with Gasteiger partial charge < -0.3 is 29.2 Å². The minimum Gasteiger partial charge on any atom is -0.358 e. The Morgan fingerprint density at radius 1 is 0.969 bits per heavy atom. The third-order valence-corrected chi connectivity index (χ3v) is 12.5. The van der Waals surface area contributed by atoms with Gasteiger partial charge >= 0.3 is 0 Å². The molecular formula is C30H53SiTi-5. The molecule has 0 fully saturated rings. The summed E-state index contributed by atoms with van der Waals surface area (Å²) in [5, 5.41) is 1.73. The van der Waals surface area contributed by atoms with E-state index < -0.39 is 8.07 Å². The van der Waals surface area contributed by atoms with Gasteiger partial charge in [0.25, 0.3) is 0 Å². The molecule has 186 valence electrons. The molecule has 0 aliphatic heterocycles. The Labute approximate surface area is 220 Å². The van der Waals surface area contributed by atoms with Crippen molar-refractivity contribution in [3.63, 3.8) is 0 Å². The largest absolute Gasteiger partial charge is 0.358 e. The standard InChI is InChI=1S/C22H33Si.C5H11.3CH3.Ti/c1-9-10-11-23(8,21-13-16(2)12-17(3)14-21)22(7)15-18(4)19(5)20(22)6;1-4-5(2)3;;;;/h12-14H,9-11H2,1-8H3;5H,1,4H2,2-3H3;3*1H3;/q5*-1;. The molecule has 0 amide bonds. The topological polar surface area (TPSA) is 0 Å². The molecule has 0 nitrogen and oxygen atoms in total. The van der Waals surface area contributed by atoms with Crippen LogP contribution < -0.4 is 5.19 Å². The van der Waals surface area contributed by atoms with Crippen molar-refractivity contribution in [2.45, 2.75) is 99.2 Å². The van der Waals surface area contributed by atoms with E-state index in [0.29, 0.717) is 0 Å². The number of unbranched alkanes of at least 4 members (excludes halogenated alkanes) is 1. The zero-order chi connectivity index (χ0) is 21.7. The van der Waals surface area contributed by atoms with E-state index in [-0.39, 0.29) is 49.0 Å². The predicted molar refractivity (Wildman–Crippen MR) is 150 cm³/mol. The van der Waals surface area contributed by atoms with Crippen molar-refractivity contribution in [3.8, 4) is 0 Å². The van der Waals surface area contributed by atoms with Gasteiger partial charge in [-0.05, 0) is 13.8 Å². The van der Waals surface area contributed by atoms with Crippen molar-refractivity contribution in [2.75, 3.05) is 0 Å². The van der Waals surface area contributed by atoms with Crippen molar-refractivity contribution < 1.29 is 21.7 Å².